The van der Waals surface area contributed by atoms with E-state index >= 15 is 0 Å². The van der Waals surface area contributed by atoms with E-state index in [0.29, 0.717) is 143 Å². The molecule has 0 radical (unpaired) electrons. The maximum absolute atomic E-state index is 12.8. The van der Waals surface area contributed by atoms with Gasteiger partial charge in [0.1, 0.15) is 13.2 Å². The molecule has 96 heavy (non-hydrogen) atoms. The monoisotopic (exact) mass is 1320 g/mol. The van der Waals surface area contributed by atoms with E-state index in [0.717, 1.165) is 102 Å². The van der Waals surface area contributed by atoms with Gasteiger partial charge in [-0.05, 0) is 143 Å². The van der Waals surface area contributed by atoms with Gasteiger partial charge < -0.3 is 86.3 Å². The van der Waals surface area contributed by atoms with Gasteiger partial charge in [0.15, 0.2) is 11.5 Å². The molecule has 1 unspecified atom stereocenters. The second-order valence-corrected chi connectivity index (χ2v) is 23.2. The zero-order chi connectivity index (χ0) is 67.0. The molecule has 19 heteroatoms. The van der Waals surface area contributed by atoms with Crippen LogP contribution in [0.25, 0.3) is 22.3 Å². The van der Waals surface area contributed by atoms with E-state index in [2.05, 4.69) is 146 Å². The van der Waals surface area contributed by atoms with Gasteiger partial charge >= 0.3 is 0 Å². The molecule has 516 valence electrons. The number of carbonyl (C=O) groups excluding carboxylic acids is 1. The highest BCUT2D eigenvalue weighted by molar-refractivity contribution is 5.96. The minimum atomic E-state index is -0.961. The van der Waals surface area contributed by atoms with Crippen LogP contribution >= 0.6 is 0 Å². The molecule has 1 saturated heterocycles. The Kier molecular flexibility index (Phi) is 30.4. The highest BCUT2D eigenvalue weighted by Gasteiger charge is 2.47. The lowest BCUT2D eigenvalue weighted by Crippen LogP contribution is -2.29. The fourth-order valence-corrected chi connectivity index (χ4v) is 11.9. The van der Waals surface area contributed by atoms with Gasteiger partial charge in [-0.2, -0.15) is 0 Å². The van der Waals surface area contributed by atoms with E-state index in [1.165, 1.54) is 0 Å². The zero-order valence-electron chi connectivity index (χ0n) is 56.3. The number of anilines is 4. The lowest BCUT2D eigenvalue weighted by molar-refractivity contribution is -0.117. The summed E-state index contributed by atoms with van der Waals surface area (Å²) >= 11 is 0. The van der Waals surface area contributed by atoms with E-state index in [-0.39, 0.29) is 52.2 Å². The summed E-state index contributed by atoms with van der Waals surface area (Å²) in [5, 5.41) is 18.3. The number of hydrogen-bond donors (Lipinski definition) is 2. The third-order valence-corrected chi connectivity index (χ3v) is 16.6. The van der Waals surface area contributed by atoms with Crippen LogP contribution in [-0.4, -0.2) is 195 Å². The number of methoxy groups -OCH3 is 2. The highest BCUT2D eigenvalue weighted by atomic mass is 16.6. The van der Waals surface area contributed by atoms with Gasteiger partial charge in [-0.15, -0.1) is 0 Å². The van der Waals surface area contributed by atoms with Crippen LogP contribution in [0, 0.1) is 13.8 Å². The molecule has 2 aliphatic rings. The first kappa shape index (κ1) is 73.1. The van der Waals surface area contributed by atoms with Crippen LogP contribution in [0.5, 0.6) is 11.5 Å². The molecule has 2 N–H and O–H groups in total. The Morgan fingerprint density at radius 1 is 0.406 bits per heavy atom. The molecule has 1 aliphatic heterocycles. The average Bonchev–Trinajstić information content (AvgIpc) is 1.52. The van der Waals surface area contributed by atoms with Crippen molar-refractivity contribution in [3.05, 3.63) is 190 Å². The minimum Gasteiger partial charge on any atom is -0.487 e. The van der Waals surface area contributed by atoms with Gasteiger partial charge in [-0.25, -0.2) is 0 Å². The lowest BCUT2D eigenvalue weighted by atomic mass is 9.66. The number of aliphatic hydroxyl groups excluding tert-OH is 2. The fraction of sp³-hybridized carbons (Fsp3) is 0.442. The topological polar surface area (TPSA) is 193 Å². The Hall–Kier alpha value is -7.15. The van der Waals surface area contributed by atoms with Crippen molar-refractivity contribution in [2.75, 3.05) is 189 Å². The molecule has 1 heterocycles. The number of amides is 1. The van der Waals surface area contributed by atoms with Crippen molar-refractivity contribution in [2.24, 2.45) is 0 Å². The van der Waals surface area contributed by atoms with Crippen LogP contribution in [-0.2, 0) is 80.3 Å². The average molecular weight is 1320 g/mol. The SMILES string of the molecule is COCCOCCOCCOc1ccc(C2(c3ccc(COCCOCCOCCO)c(COCCOCCOCCO)c3)c3cc(C)ccc3-c3ccc(-c4ccc(N(c5ccc(C)cc5)c5ccc(N6CCCC6=O)cc5)cc4)cc32)cc1OCCOCCOCCOC. The summed E-state index contributed by atoms with van der Waals surface area (Å²) in [6.45, 7) is 13.6. The van der Waals surface area contributed by atoms with Crippen molar-refractivity contribution in [3.63, 3.8) is 0 Å². The van der Waals surface area contributed by atoms with E-state index in [1.54, 1.807) is 14.2 Å². The Morgan fingerprint density at radius 2 is 0.844 bits per heavy atom. The predicted octanol–water partition coefficient (Wildman–Crippen LogP) is 11.1. The molecule has 0 spiro atoms. The van der Waals surface area contributed by atoms with E-state index in [9.17, 15) is 9.90 Å². The molecule has 1 fully saturated rings. The summed E-state index contributed by atoms with van der Waals surface area (Å²) in [7, 11) is 3.29. The highest BCUT2D eigenvalue weighted by Crippen LogP contribution is 2.58. The second kappa shape index (κ2) is 39.9. The van der Waals surface area contributed by atoms with Crippen LogP contribution in [0.2, 0.25) is 0 Å². The normalized spacial score (nSPS) is 14.2. The predicted molar refractivity (Wildman–Crippen MR) is 370 cm³/mol. The first-order valence-electron chi connectivity index (χ1n) is 33.4. The summed E-state index contributed by atoms with van der Waals surface area (Å²) < 4.78 is 82.2. The standard InChI is InChI=1S/C77H96N2O17/c1-58-7-16-67(17-8-58)79(69-22-20-66(21-23-69)78-27-5-6-76(78)82)68-18-11-60(12-19-68)61-13-25-71-70-24-9-59(2)52-72(70)77(73(71)54-61,64-14-10-62(56-93-46-44-89-38-36-85-30-28-80)63(53-64)57-94-47-45-90-39-37-86-31-29-81)65-15-26-74(95-50-48-91-42-40-87-34-32-83-3)75(55-65)96-51-49-92-43-41-88-35-33-84-4/h7-26,52-55,80-81H,5-6,27-51,56-57H2,1-4H3. The van der Waals surface area contributed by atoms with Gasteiger partial charge in [0, 0.05) is 49.9 Å². The Bertz CT molecular complexity index is 3330. The van der Waals surface area contributed by atoms with Crippen molar-refractivity contribution < 1.29 is 81.3 Å². The number of carbonyl (C=O) groups is 1. The third-order valence-electron chi connectivity index (χ3n) is 16.6. The largest absolute Gasteiger partial charge is 0.487 e. The van der Waals surface area contributed by atoms with Gasteiger partial charge in [-0.1, -0.05) is 90.0 Å². The number of nitrogens with zero attached hydrogens (tertiary/aromatic N) is 2. The quantitative estimate of drug-likeness (QED) is 0.0342. The molecule has 0 saturated carbocycles. The molecule has 7 aromatic carbocycles. The van der Waals surface area contributed by atoms with Gasteiger partial charge in [0.25, 0.3) is 0 Å². The van der Waals surface area contributed by atoms with Gasteiger partial charge in [-0.3, -0.25) is 4.79 Å². The van der Waals surface area contributed by atoms with E-state index < -0.39 is 5.41 Å². The van der Waals surface area contributed by atoms with Crippen LogP contribution in [0.1, 0.15) is 57.3 Å². The number of benzene rings is 7. The summed E-state index contributed by atoms with van der Waals surface area (Å²) in [6, 6.07) is 52.0. The fourth-order valence-electron chi connectivity index (χ4n) is 11.9. The summed E-state index contributed by atoms with van der Waals surface area (Å²) in [6.07, 6.45) is 1.43. The second-order valence-electron chi connectivity index (χ2n) is 23.2. The van der Waals surface area contributed by atoms with Gasteiger partial charge in [0.05, 0.1) is 164 Å². The molecule has 1 aliphatic carbocycles. The first-order chi connectivity index (χ1) is 47.3. The number of hydrogen-bond acceptors (Lipinski definition) is 18. The maximum atomic E-state index is 12.8. The molecular weight excluding hydrogens is 1220 g/mol. The third kappa shape index (κ3) is 20.5. The van der Waals surface area contributed by atoms with Crippen LogP contribution < -0.4 is 19.3 Å². The molecular formula is C77H96N2O17. The number of fused-ring (bicyclic) bond motifs is 3. The number of aryl methyl sites for hydroxylation is 2. The summed E-state index contributed by atoms with van der Waals surface area (Å²) in [5.41, 5.74) is 15.4. The van der Waals surface area contributed by atoms with Gasteiger partial charge in [0.2, 0.25) is 5.91 Å². The minimum absolute atomic E-state index is 0.0426. The van der Waals surface area contributed by atoms with Crippen LogP contribution in [0.3, 0.4) is 0 Å². The number of ether oxygens (including phenoxy) is 14. The summed E-state index contributed by atoms with van der Waals surface area (Å²) in [4.78, 5) is 16.9. The number of rotatable bonds is 47. The van der Waals surface area contributed by atoms with Crippen LogP contribution in [0.4, 0.5) is 22.7 Å². The maximum Gasteiger partial charge on any atom is 0.227 e. The molecule has 0 bridgehead atoms. The van der Waals surface area contributed by atoms with Crippen LogP contribution in [0.15, 0.2) is 146 Å². The van der Waals surface area contributed by atoms with Crippen molar-refractivity contribution >= 4 is 28.7 Å². The smallest absolute Gasteiger partial charge is 0.227 e. The molecule has 9 rings (SSSR count). The number of aliphatic hydroxyl groups is 2. The Balaban J connectivity index is 1.12. The molecule has 7 aromatic rings. The van der Waals surface area contributed by atoms with Crippen molar-refractivity contribution in [1.82, 2.24) is 0 Å². The molecule has 1 atom stereocenters. The zero-order valence-corrected chi connectivity index (χ0v) is 56.3. The van der Waals surface area contributed by atoms with Crippen molar-refractivity contribution in [2.45, 2.75) is 45.3 Å². The molecule has 19 nitrogen and oxygen atoms in total. The molecule has 0 aromatic heterocycles. The first-order valence-corrected chi connectivity index (χ1v) is 33.4. The van der Waals surface area contributed by atoms with Crippen molar-refractivity contribution in [1.29, 1.82) is 0 Å². The van der Waals surface area contributed by atoms with E-state index in [4.69, 9.17) is 71.4 Å². The van der Waals surface area contributed by atoms with Crippen molar-refractivity contribution in [3.8, 4) is 33.8 Å². The van der Waals surface area contributed by atoms with E-state index in [1.807, 2.05) is 23.1 Å². The summed E-state index contributed by atoms with van der Waals surface area (Å²) in [5.74, 6) is 1.25. The lowest BCUT2D eigenvalue weighted by Gasteiger charge is -2.35. The Labute approximate surface area is 565 Å². The molecule has 1 amide bonds. The Morgan fingerprint density at radius 3 is 1.39 bits per heavy atom.